The number of nitrogens with zero attached hydrogens (tertiary/aromatic N) is 3. The normalized spacial score (nSPS) is 11.5. The first-order valence-corrected chi connectivity index (χ1v) is 11.0. The fourth-order valence-corrected chi connectivity index (χ4v) is 3.88. The van der Waals surface area contributed by atoms with Crippen LogP contribution >= 0.6 is 0 Å². The van der Waals surface area contributed by atoms with Gasteiger partial charge in [-0.1, -0.05) is 12.1 Å². The number of sulfone groups is 1. The van der Waals surface area contributed by atoms with Crippen molar-refractivity contribution in [1.82, 2.24) is 9.38 Å². The molecule has 4 aromatic rings. The van der Waals surface area contributed by atoms with Crippen molar-refractivity contribution in [3.63, 3.8) is 0 Å². The Morgan fingerprint density at radius 2 is 1.71 bits per heavy atom. The molecule has 0 saturated heterocycles. The lowest BCUT2D eigenvalue weighted by Gasteiger charge is -2.07. The molecule has 10 heteroatoms. The van der Waals surface area contributed by atoms with Crippen LogP contribution in [-0.2, 0) is 21.3 Å². The third-order valence-electron chi connectivity index (χ3n) is 4.70. The van der Waals surface area contributed by atoms with E-state index in [0.29, 0.717) is 33.7 Å². The van der Waals surface area contributed by atoms with E-state index < -0.39 is 14.9 Å². The maximum absolute atomic E-state index is 13.5. The molecule has 0 radical (unpaired) electrons. The van der Waals surface area contributed by atoms with E-state index in [1.54, 1.807) is 47.0 Å². The molecule has 0 saturated carbocycles. The third kappa shape index (κ3) is 4.24. The van der Waals surface area contributed by atoms with Crippen LogP contribution in [0.25, 0.3) is 28.2 Å². The molecule has 0 bridgehead atoms. The molecule has 0 N–H and O–H groups in total. The van der Waals surface area contributed by atoms with E-state index in [4.69, 9.17) is 0 Å². The molecule has 0 aliphatic rings. The molecular formula is C21H16FN3O5S. The lowest BCUT2D eigenvalue weighted by Crippen LogP contribution is -2.01. The predicted octanol–water partition coefficient (Wildman–Crippen LogP) is 3.92. The van der Waals surface area contributed by atoms with Crippen LogP contribution in [0.3, 0.4) is 0 Å². The number of halogens is 1. The summed E-state index contributed by atoms with van der Waals surface area (Å²) in [4.78, 5) is 19.7. The standard InChI is InChI=1S/C21H16FN3O5S/c1-31(28,29)18-8-4-15(5-9-18)20-21(16-2-6-17(22)7-3-16)24-11-10-14(12-19(24)23-20)13-30-25(26)27/h2-12H,13H2,1H3. The van der Waals surface area contributed by atoms with Gasteiger partial charge in [-0.2, -0.15) is 0 Å². The predicted molar refractivity (Wildman–Crippen MR) is 111 cm³/mol. The van der Waals surface area contributed by atoms with Gasteiger partial charge in [0.1, 0.15) is 18.1 Å². The van der Waals surface area contributed by atoms with Crippen LogP contribution in [-0.4, -0.2) is 29.1 Å². The van der Waals surface area contributed by atoms with Crippen LogP contribution in [0.5, 0.6) is 0 Å². The Morgan fingerprint density at radius 1 is 1.06 bits per heavy atom. The highest BCUT2D eigenvalue weighted by Gasteiger charge is 2.17. The van der Waals surface area contributed by atoms with Gasteiger partial charge in [0.05, 0.1) is 16.3 Å². The summed E-state index contributed by atoms with van der Waals surface area (Å²) in [5.41, 5.74) is 3.65. The summed E-state index contributed by atoms with van der Waals surface area (Å²) >= 11 is 0. The van der Waals surface area contributed by atoms with E-state index in [1.807, 2.05) is 0 Å². The maximum Gasteiger partial charge on any atom is 0.294 e. The average molecular weight is 441 g/mol. The maximum atomic E-state index is 13.5. The number of aromatic nitrogens is 2. The molecule has 0 unspecified atom stereocenters. The van der Waals surface area contributed by atoms with Gasteiger partial charge in [-0.25, -0.2) is 17.8 Å². The van der Waals surface area contributed by atoms with E-state index in [0.717, 1.165) is 6.26 Å². The Kier molecular flexibility index (Phi) is 5.15. The van der Waals surface area contributed by atoms with Crippen LogP contribution in [0.15, 0.2) is 71.8 Å². The van der Waals surface area contributed by atoms with Gasteiger partial charge in [-0.05, 0) is 54.1 Å². The SMILES string of the molecule is CS(=O)(=O)c1ccc(-c2nc3cc(CO[N+](=O)[O-])ccn3c2-c2ccc(F)cc2)cc1. The number of rotatable bonds is 6. The van der Waals surface area contributed by atoms with E-state index >= 15 is 0 Å². The van der Waals surface area contributed by atoms with Gasteiger partial charge in [0, 0.05) is 23.6 Å². The molecule has 0 amide bonds. The summed E-state index contributed by atoms with van der Waals surface area (Å²) in [6.07, 6.45) is 2.83. The molecule has 0 aliphatic carbocycles. The van der Waals surface area contributed by atoms with Gasteiger partial charge >= 0.3 is 0 Å². The average Bonchev–Trinajstić information content (AvgIpc) is 3.11. The molecule has 158 valence electrons. The second-order valence-electron chi connectivity index (χ2n) is 6.87. The molecule has 0 spiro atoms. The number of pyridine rings is 1. The monoisotopic (exact) mass is 441 g/mol. The smallest absolute Gasteiger partial charge is 0.294 e. The van der Waals surface area contributed by atoms with Crippen LogP contribution < -0.4 is 0 Å². The lowest BCUT2D eigenvalue weighted by atomic mass is 10.0. The summed E-state index contributed by atoms with van der Waals surface area (Å²) in [6.45, 7) is -0.222. The zero-order valence-corrected chi connectivity index (χ0v) is 17.0. The number of imidazole rings is 1. The molecule has 0 fully saturated rings. The highest BCUT2D eigenvalue weighted by Crippen LogP contribution is 2.33. The Hall–Kier alpha value is -3.79. The molecule has 2 aromatic heterocycles. The Balaban J connectivity index is 1.88. The molecule has 0 aliphatic heterocycles. The third-order valence-corrected chi connectivity index (χ3v) is 5.83. The van der Waals surface area contributed by atoms with Crippen molar-refractivity contribution in [3.8, 4) is 22.5 Å². The molecule has 8 nitrogen and oxygen atoms in total. The van der Waals surface area contributed by atoms with Crippen LogP contribution in [0.4, 0.5) is 4.39 Å². The largest absolute Gasteiger partial charge is 0.309 e. The van der Waals surface area contributed by atoms with E-state index in [2.05, 4.69) is 9.82 Å². The number of hydrogen-bond acceptors (Lipinski definition) is 6. The van der Waals surface area contributed by atoms with E-state index in [9.17, 15) is 22.9 Å². The number of hydrogen-bond donors (Lipinski definition) is 0. The van der Waals surface area contributed by atoms with Gasteiger partial charge in [0.15, 0.2) is 9.84 Å². The number of fused-ring (bicyclic) bond motifs is 1. The quantitative estimate of drug-likeness (QED) is 0.332. The van der Waals surface area contributed by atoms with E-state index in [-0.39, 0.29) is 17.3 Å². The zero-order chi connectivity index (χ0) is 22.2. The zero-order valence-electron chi connectivity index (χ0n) is 16.2. The van der Waals surface area contributed by atoms with Gasteiger partial charge in [0.25, 0.3) is 5.09 Å². The molecule has 2 heterocycles. The first kappa shape index (κ1) is 20.5. The topological polar surface area (TPSA) is 104 Å². The van der Waals surface area contributed by atoms with Crippen LogP contribution in [0.2, 0.25) is 0 Å². The first-order chi connectivity index (χ1) is 14.7. The van der Waals surface area contributed by atoms with Crippen molar-refractivity contribution < 1.29 is 22.7 Å². The van der Waals surface area contributed by atoms with Crippen molar-refractivity contribution in [3.05, 3.63) is 88.4 Å². The second kappa shape index (κ2) is 7.80. The summed E-state index contributed by atoms with van der Waals surface area (Å²) in [6, 6.07) is 15.6. The molecule has 4 rings (SSSR count). The summed E-state index contributed by atoms with van der Waals surface area (Å²) in [5, 5.41) is 9.61. The van der Waals surface area contributed by atoms with Crippen molar-refractivity contribution in [1.29, 1.82) is 0 Å². The molecular weight excluding hydrogens is 425 g/mol. The van der Waals surface area contributed by atoms with Gasteiger partial charge < -0.3 is 4.84 Å². The van der Waals surface area contributed by atoms with Crippen molar-refractivity contribution in [2.24, 2.45) is 0 Å². The van der Waals surface area contributed by atoms with E-state index in [1.165, 1.54) is 24.3 Å². The summed E-state index contributed by atoms with van der Waals surface area (Å²) < 4.78 is 38.8. The highest BCUT2D eigenvalue weighted by atomic mass is 32.2. The van der Waals surface area contributed by atoms with Crippen molar-refractivity contribution in [2.75, 3.05) is 6.26 Å². The van der Waals surface area contributed by atoms with Crippen molar-refractivity contribution in [2.45, 2.75) is 11.5 Å². The summed E-state index contributed by atoms with van der Waals surface area (Å²) in [7, 11) is -3.35. The second-order valence-corrected chi connectivity index (χ2v) is 8.89. The Morgan fingerprint density at radius 3 is 2.32 bits per heavy atom. The Bertz CT molecular complexity index is 1380. The minimum Gasteiger partial charge on any atom is -0.309 e. The van der Waals surface area contributed by atoms with Gasteiger partial charge in [-0.15, -0.1) is 10.1 Å². The van der Waals surface area contributed by atoms with Crippen molar-refractivity contribution >= 4 is 15.5 Å². The molecule has 31 heavy (non-hydrogen) atoms. The lowest BCUT2D eigenvalue weighted by molar-refractivity contribution is -0.763. The first-order valence-electron chi connectivity index (χ1n) is 9.07. The highest BCUT2D eigenvalue weighted by molar-refractivity contribution is 7.90. The minimum atomic E-state index is -3.35. The number of benzene rings is 2. The molecule has 0 atom stereocenters. The minimum absolute atomic E-state index is 0.183. The van der Waals surface area contributed by atoms with Gasteiger partial charge in [-0.3, -0.25) is 4.40 Å². The Labute approximate surface area is 176 Å². The van der Waals surface area contributed by atoms with Crippen LogP contribution in [0.1, 0.15) is 5.56 Å². The molecule has 2 aromatic carbocycles. The van der Waals surface area contributed by atoms with Gasteiger partial charge in [0.2, 0.25) is 0 Å². The fraction of sp³-hybridized carbons (Fsp3) is 0.0952. The van der Waals surface area contributed by atoms with Crippen LogP contribution in [0, 0.1) is 15.9 Å². The fourth-order valence-electron chi connectivity index (χ4n) is 3.25. The summed E-state index contributed by atoms with van der Waals surface area (Å²) in [5.74, 6) is -0.379.